The topological polar surface area (TPSA) is 52.6 Å². The van der Waals surface area contributed by atoms with Gasteiger partial charge >= 0.3 is 11.9 Å². The smallest absolute Gasteiger partial charge is 0.309 e. The normalized spacial score (nSPS) is 20.3. The molecule has 0 aromatic rings. The SMILES string of the molecule is COC(=O)CCC/C=C/C[C@@H]1CCCOC1=O. The highest BCUT2D eigenvalue weighted by Crippen LogP contribution is 2.19. The Bertz CT molecular complexity index is 283. The lowest BCUT2D eigenvalue weighted by molar-refractivity contribution is -0.152. The highest BCUT2D eigenvalue weighted by molar-refractivity contribution is 5.73. The molecule has 0 aromatic heterocycles. The molecule has 1 saturated heterocycles. The van der Waals surface area contributed by atoms with E-state index in [0.29, 0.717) is 13.0 Å². The number of esters is 2. The Morgan fingerprint density at radius 2 is 2.35 bits per heavy atom. The Balaban J connectivity index is 2.08. The van der Waals surface area contributed by atoms with E-state index in [9.17, 15) is 9.59 Å². The fourth-order valence-corrected chi connectivity index (χ4v) is 1.80. The van der Waals surface area contributed by atoms with Crippen molar-refractivity contribution in [3.63, 3.8) is 0 Å². The first-order valence-electron chi connectivity index (χ1n) is 6.12. The first-order chi connectivity index (χ1) is 8.24. The molecular weight excluding hydrogens is 220 g/mol. The number of carbonyl (C=O) groups excluding carboxylic acids is 2. The van der Waals surface area contributed by atoms with Crippen LogP contribution >= 0.6 is 0 Å². The van der Waals surface area contributed by atoms with E-state index >= 15 is 0 Å². The number of hydrogen-bond donors (Lipinski definition) is 0. The maximum absolute atomic E-state index is 11.3. The van der Waals surface area contributed by atoms with E-state index < -0.39 is 0 Å². The molecule has 0 amide bonds. The van der Waals surface area contributed by atoms with Crippen LogP contribution in [0.3, 0.4) is 0 Å². The van der Waals surface area contributed by atoms with Crippen LogP contribution in [-0.2, 0) is 19.1 Å². The molecule has 1 aliphatic heterocycles. The zero-order chi connectivity index (χ0) is 12.5. The molecule has 96 valence electrons. The molecule has 0 spiro atoms. The number of carbonyl (C=O) groups is 2. The molecule has 4 nitrogen and oxygen atoms in total. The summed E-state index contributed by atoms with van der Waals surface area (Å²) in [6, 6.07) is 0. The largest absolute Gasteiger partial charge is 0.469 e. The molecule has 0 aromatic carbocycles. The van der Waals surface area contributed by atoms with Gasteiger partial charge in [-0.1, -0.05) is 12.2 Å². The van der Waals surface area contributed by atoms with Crippen molar-refractivity contribution < 1.29 is 19.1 Å². The molecule has 0 radical (unpaired) electrons. The summed E-state index contributed by atoms with van der Waals surface area (Å²) in [5.41, 5.74) is 0. The van der Waals surface area contributed by atoms with Gasteiger partial charge in [0, 0.05) is 6.42 Å². The van der Waals surface area contributed by atoms with Gasteiger partial charge in [0.25, 0.3) is 0 Å². The maximum atomic E-state index is 11.3. The molecule has 0 unspecified atom stereocenters. The second-order valence-corrected chi connectivity index (χ2v) is 4.18. The second-order valence-electron chi connectivity index (χ2n) is 4.18. The van der Waals surface area contributed by atoms with Crippen molar-refractivity contribution in [3.8, 4) is 0 Å². The van der Waals surface area contributed by atoms with E-state index in [1.54, 1.807) is 0 Å². The fourth-order valence-electron chi connectivity index (χ4n) is 1.80. The molecule has 1 fully saturated rings. The van der Waals surface area contributed by atoms with Gasteiger partial charge in [-0.15, -0.1) is 0 Å². The summed E-state index contributed by atoms with van der Waals surface area (Å²) in [5, 5.41) is 0. The van der Waals surface area contributed by atoms with Crippen molar-refractivity contribution in [2.24, 2.45) is 5.92 Å². The minimum Gasteiger partial charge on any atom is -0.469 e. The fraction of sp³-hybridized carbons (Fsp3) is 0.692. The van der Waals surface area contributed by atoms with Crippen molar-refractivity contribution in [2.45, 2.75) is 38.5 Å². The number of methoxy groups -OCH3 is 1. The van der Waals surface area contributed by atoms with E-state index in [-0.39, 0.29) is 17.9 Å². The third-order valence-electron chi connectivity index (χ3n) is 2.84. The van der Waals surface area contributed by atoms with Gasteiger partial charge in [0.1, 0.15) is 0 Å². The van der Waals surface area contributed by atoms with Crippen molar-refractivity contribution in [3.05, 3.63) is 12.2 Å². The molecule has 0 bridgehead atoms. The average molecular weight is 240 g/mol. The summed E-state index contributed by atoms with van der Waals surface area (Å²) in [4.78, 5) is 22.2. The van der Waals surface area contributed by atoms with Crippen LogP contribution in [-0.4, -0.2) is 25.7 Å². The second kappa shape index (κ2) is 7.87. The first kappa shape index (κ1) is 13.7. The monoisotopic (exact) mass is 240 g/mol. The standard InChI is InChI=1S/C13H20O4/c1-16-12(14)9-5-3-2-4-7-11-8-6-10-17-13(11)15/h2,4,11H,3,5-10H2,1H3/b4-2+/t11-/m1/s1. The number of hydrogen-bond acceptors (Lipinski definition) is 4. The lowest BCUT2D eigenvalue weighted by Gasteiger charge is -2.19. The molecule has 1 aliphatic rings. The van der Waals surface area contributed by atoms with Crippen LogP contribution in [0.15, 0.2) is 12.2 Å². The van der Waals surface area contributed by atoms with Gasteiger partial charge < -0.3 is 9.47 Å². The van der Waals surface area contributed by atoms with Crippen LogP contribution in [0, 0.1) is 5.92 Å². The summed E-state index contributed by atoms with van der Waals surface area (Å²) in [6.45, 7) is 0.568. The average Bonchev–Trinajstić information content (AvgIpc) is 2.35. The Morgan fingerprint density at radius 1 is 1.53 bits per heavy atom. The number of rotatable bonds is 6. The summed E-state index contributed by atoms with van der Waals surface area (Å²) < 4.78 is 9.52. The predicted molar refractivity (Wildman–Crippen MR) is 63.3 cm³/mol. The van der Waals surface area contributed by atoms with Crippen LogP contribution in [0.5, 0.6) is 0 Å². The molecule has 1 rings (SSSR count). The molecule has 0 saturated carbocycles. The van der Waals surface area contributed by atoms with Crippen LogP contribution < -0.4 is 0 Å². The van der Waals surface area contributed by atoms with E-state index in [4.69, 9.17) is 4.74 Å². The minimum absolute atomic E-state index is 0.0283. The molecular formula is C13H20O4. The Labute approximate surface area is 102 Å². The quantitative estimate of drug-likeness (QED) is 0.406. The molecule has 0 N–H and O–H groups in total. The zero-order valence-electron chi connectivity index (χ0n) is 10.3. The van der Waals surface area contributed by atoms with Crippen molar-refractivity contribution in [2.75, 3.05) is 13.7 Å². The number of ether oxygens (including phenoxy) is 2. The van der Waals surface area contributed by atoms with Crippen molar-refractivity contribution in [1.29, 1.82) is 0 Å². The van der Waals surface area contributed by atoms with Gasteiger partial charge in [0.2, 0.25) is 0 Å². The van der Waals surface area contributed by atoms with Gasteiger partial charge in [-0.3, -0.25) is 9.59 Å². The molecule has 0 aliphatic carbocycles. The van der Waals surface area contributed by atoms with E-state index in [1.165, 1.54) is 7.11 Å². The third kappa shape index (κ3) is 5.52. The molecule has 4 heteroatoms. The summed E-state index contributed by atoms with van der Waals surface area (Å²) in [7, 11) is 1.40. The molecule has 1 heterocycles. The Morgan fingerprint density at radius 3 is 3.06 bits per heavy atom. The summed E-state index contributed by atoms with van der Waals surface area (Å²) >= 11 is 0. The molecule has 17 heavy (non-hydrogen) atoms. The lowest BCUT2D eigenvalue weighted by atomic mass is 9.97. The first-order valence-corrected chi connectivity index (χ1v) is 6.12. The van der Waals surface area contributed by atoms with Gasteiger partial charge in [-0.2, -0.15) is 0 Å². The number of unbranched alkanes of at least 4 members (excludes halogenated alkanes) is 1. The van der Waals surface area contributed by atoms with Gasteiger partial charge in [-0.05, 0) is 32.1 Å². The highest BCUT2D eigenvalue weighted by Gasteiger charge is 2.22. The summed E-state index contributed by atoms with van der Waals surface area (Å²) in [6.07, 6.45) is 8.75. The lowest BCUT2D eigenvalue weighted by Crippen LogP contribution is -2.23. The number of allylic oxidation sites excluding steroid dienone is 2. The zero-order valence-corrected chi connectivity index (χ0v) is 10.3. The predicted octanol–water partition coefficient (Wildman–Crippen LogP) is 2.23. The maximum Gasteiger partial charge on any atom is 0.309 e. The molecule has 1 atom stereocenters. The van der Waals surface area contributed by atoms with Gasteiger partial charge in [-0.25, -0.2) is 0 Å². The highest BCUT2D eigenvalue weighted by atomic mass is 16.5. The van der Waals surface area contributed by atoms with Gasteiger partial charge in [0.05, 0.1) is 19.6 Å². The minimum atomic E-state index is -0.172. The van der Waals surface area contributed by atoms with Crippen LogP contribution in [0.1, 0.15) is 38.5 Å². The van der Waals surface area contributed by atoms with Gasteiger partial charge in [0.15, 0.2) is 0 Å². The van der Waals surface area contributed by atoms with Crippen molar-refractivity contribution >= 4 is 11.9 Å². The summed E-state index contributed by atoms with van der Waals surface area (Å²) in [5.74, 6) is -0.217. The van der Waals surface area contributed by atoms with Crippen LogP contribution in [0.2, 0.25) is 0 Å². The Kier molecular flexibility index (Phi) is 6.37. The van der Waals surface area contributed by atoms with Crippen LogP contribution in [0.4, 0.5) is 0 Å². The van der Waals surface area contributed by atoms with E-state index in [1.807, 2.05) is 12.2 Å². The number of cyclic esters (lactones) is 1. The van der Waals surface area contributed by atoms with E-state index in [2.05, 4.69) is 4.74 Å². The van der Waals surface area contributed by atoms with Crippen molar-refractivity contribution in [1.82, 2.24) is 0 Å². The third-order valence-corrected chi connectivity index (χ3v) is 2.84. The Hall–Kier alpha value is -1.32. The van der Waals surface area contributed by atoms with E-state index in [0.717, 1.165) is 32.1 Å². The van der Waals surface area contributed by atoms with Crippen LogP contribution in [0.25, 0.3) is 0 Å².